The van der Waals surface area contributed by atoms with Crippen LogP contribution in [-0.4, -0.2) is 61.0 Å². The number of hydrogen-bond acceptors (Lipinski definition) is 6. The van der Waals surface area contributed by atoms with Crippen LogP contribution < -0.4 is 4.74 Å². The monoisotopic (exact) mass is 357 g/mol. The Hall–Kier alpha value is -3.07. The van der Waals surface area contributed by atoms with Gasteiger partial charge in [0.05, 0.1) is 36.6 Å². The van der Waals surface area contributed by atoms with Crippen LogP contribution >= 0.6 is 0 Å². The number of rotatable bonds is 3. The average molecular weight is 357 g/mol. The minimum atomic E-state index is -0.856. The van der Waals surface area contributed by atoms with E-state index in [0.29, 0.717) is 16.8 Å². The van der Waals surface area contributed by atoms with Crippen LogP contribution in [0, 0.1) is 5.82 Å². The van der Waals surface area contributed by atoms with Crippen molar-refractivity contribution in [2.24, 2.45) is 7.05 Å². The molecule has 2 atom stereocenters. The second-order valence-electron chi connectivity index (χ2n) is 6.16. The predicted molar refractivity (Wildman–Crippen MR) is 89.0 cm³/mol. The number of hydrogen-bond donors (Lipinski definition) is 1. The third kappa shape index (κ3) is 2.97. The SMILES string of the molecule is Cn1cc(O[C@@H]2CN(C(=O)c3cc(F)cc4nccnc34)C[C@H]2O)cn1. The van der Waals surface area contributed by atoms with E-state index in [4.69, 9.17) is 4.74 Å². The second kappa shape index (κ2) is 6.34. The van der Waals surface area contributed by atoms with Crippen LogP contribution in [0.15, 0.2) is 36.9 Å². The van der Waals surface area contributed by atoms with Crippen molar-refractivity contribution in [3.8, 4) is 5.75 Å². The second-order valence-corrected chi connectivity index (χ2v) is 6.16. The summed E-state index contributed by atoms with van der Waals surface area (Å²) in [5.74, 6) is -0.483. The smallest absolute Gasteiger partial charge is 0.256 e. The van der Waals surface area contributed by atoms with Crippen LogP contribution in [0.2, 0.25) is 0 Å². The first-order valence-electron chi connectivity index (χ1n) is 8.04. The first-order chi connectivity index (χ1) is 12.5. The van der Waals surface area contributed by atoms with Crippen LogP contribution in [0.4, 0.5) is 4.39 Å². The van der Waals surface area contributed by atoms with Crippen molar-refractivity contribution in [1.82, 2.24) is 24.6 Å². The number of ether oxygens (including phenoxy) is 1. The highest BCUT2D eigenvalue weighted by Gasteiger charge is 2.37. The zero-order valence-electron chi connectivity index (χ0n) is 13.9. The van der Waals surface area contributed by atoms with Gasteiger partial charge in [-0.3, -0.25) is 19.4 Å². The molecule has 0 spiro atoms. The van der Waals surface area contributed by atoms with Gasteiger partial charge in [0.25, 0.3) is 5.91 Å². The van der Waals surface area contributed by atoms with Crippen molar-refractivity contribution < 1.29 is 19.0 Å². The van der Waals surface area contributed by atoms with Crippen LogP contribution in [0.1, 0.15) is 10.4 Å². The molecule has 9 heteroatoms. The van der Waals surface area contributed by atoms with Crippen molar-refractivity contribution in [2.75, 3.05) is 13.1 Å². The number of aromatic nitrogens is 4. The molecule has 1 amide bonds. The number of halogens is 1. The third-order valence-electron chi connectivity index (χ3n) is 4.26. The fourth-order valence-electron chi connectivity index (χ4n) is 3.05. The lowest BCUT2D eigenvalue weighted by atomic mass is 10.1. The summed E-state index contributed by atoms with van der Waals surface area (Å²) >= 11 is 0. The molecule has 1 aliphatic heterocycles. The Labute approximate surface area is 147 Å². The van der Waals surface area contributed by atoms with Crippen molar-refractivity contribution in [3.63, 3.8) is 0 Å². The zero-order chi connectivity index (χ0) is 18.3. The number of aliphatic hydroxyl groups excluding tert-OH is 1. The number of aryl methyl sites for hydroxylation is 1. The summed E-state index contributed by atoms with van der Waals surface area (Å²) in [6.45, 7) is 0.259. The molecule has 0 saturated carbocycles. The Morgan fingerprint density at radius 2 is 2.12 bits per heavy atom. The topological polar surface area (TPSA) is 93.4 Å². The summed E-state index contributed by atoms with van der Waals surface area (Å²) in [4.78, 5) is 22.5. The van der Waals surface area contributed by atoms with Crippen LogP contribution in [-0.2, 0) is 7.05 Å². The molecule has 2 aromatic heterocycles. The summed E-state index contributed by atoms with van der Waals surface area (Å²) in [7, 11) is 1.75. The molecule has 4 rings (SSSR count). The van der Waals surface area contributed by atoms with E-state index >= 15 is 0 Å². The van der Waals surface area contributed by atoms with Gasteiger partial charge in [-0.05, 0) is 6.07 Å². The van der Waals surface area contributed by atoms with E-state index < -0.39 is 23.9 Å². The quantitative estimate of drug-likeness (QED) is 0.744. The van der Waals surface area contributed by atoms with E-state index in [1.165, 1.54) is 29.6 Å². The summed E-state index contributed by atoms with van der Waals surface area (Å²) in [6.07, 6.45) is 4.65. The zero-order valence-corrected chi connectivity index (χ0v) is 13.9. The summed E-state index contributed by atoms with van der Waals surface area (Å²) in [5, 5.41) is 14.2. The normalized spacial score (nSPS) is 19.9. The maximum absolute atomic E-state index is 13.9. The lowest BCUT2D eigenvalue weighted by Gasteiger charge is -2.17. The molecule has 1 saturated heterocycles. The molecule has 8 nitrogen and oxygen atoms in total. The van der Waals surface area contributed by atoms with E-state index in [-0.39, 0.29) is 18.7 Å². The highest BCUT2D eigenvalue weighted by molar-refractivity contribution is 6.04. The van der Waals surface area contributed by atoms with Gasteiger partial charge in [-0.25, -0.2) is 4.39 Å². The number of β-amino-alcohol motifs (C(OH)–C–C–N with tert-alkyl or cyclic N) is 1. The van der Waals surface area contributed by atoms with Crippen LogP contribution in [0.5, 0.6) is 5.75 Å². The molecular formula is C17H16FN5O3. The Morgan fingerprint density at radius 1 is 1.31 bits per heavy atom. The van der Waals surface area contributed by atoms with Gasteiger partial charge < -0.3 is 14.7 Å². The largest absolute Gasteiger partial charge is 0.482 e. The Bertz CT molecular complexity index is 976. The fourth-order valence-corrected chi connectivity index (χ4v) is 3.05. The minimum absolute atomic E-state index is 0.0853. The minimum Gasteiger partial charge on any atom is -0.482 e. The Balaban J connectivity index is 1.58. The van der Waals surface area contributed by atoms with Crippen LogP contribution in [0.25, 0.3) is 11.0 Å². The number of aliphatic hydroxyl groups is 1. The molecule has 1 fully saturated rings. The molecule has 26 heavy (non-hydrogen) atoms. The first kappa shape index (κ1) is 16.4. The highest BCUT2D eigenvalue weighted by atomic mass is 19.1. The Kier molecular flexibility index (Phi) is 4.00. The molecule has 0 aliphatic carbocycles. The number of fused-ring (bicyclic) bond motifs is 1. The first-order valence-corrected chi connectivity index (χ1v) is 8.04. The number of amides is 1. The molecule has 1 aromatic carbocycles. The number of benzene rings is 1. The van der Waals surface area contributed by atoms with Gasteiger partial charge in [-0.15, -0.1) is 0 Å². The van der Waals surface area contributed by atoms with E-state index in [1.54, 1.807) is 17.9 Å². The maximum atomic E-state index is 13.9. The molecule has 0 bridgehead atoms. The van der Waals surface area contributed by atoms with Gasteiger partial charge in [0.2, 0.25) is 0 Å². The van der Waals surface area contributed by atoms with E-state index in [9.17, 15) is 14.3 Å². The summed E-state index contributed by atoms with van der Waals surface area (Å²) < 4.78 is 21.2. The highest BCUT2D eigenvalue weighted by Crippen LogP contribution is 2.23. The molecule has 0 radical (unpaired) electrons. The number of likely N-dealkylation sites (tertiary alicyclic amines) is 1. The lowest BCUT2D eigenvalue weighted by Crippen LogP contribution is -2.31. The van der Waals surface area contributed by atoms with Gasteiger partial charge in [-0.1, -0.05) is 0 Å². The van der Waals surface area contributed by atoms with E-state index in [1.807, 2.05) is 0 Å². The summed E-state index contributed by atoms with van der Waals surface area (Å²) in [6, 6.07) is 2.37. The average Bonchev–Trinajstić information content (AvgIpc) is 3.19. The van der Waals surface area contributed by atoms with Crippen LogP contribution in [0.3, 0.4) is 0 Å². The van der Waals surface area contributed by atoms with Gasteiger partial charge in [0.1, 0.15) is 23.5 Å². The molecule has 134 valence electrons. The van der Waals surface area contributed by atoms with Crippen molar-refractivity contribution in [1.29, 1.82) is 0 Å². The Morgan fingerprint density at radius 3 is 2.88 bits per heavy atom. The summed E-state index contributed by atoms with van der Waals surface area (Å²) in [5.41, 5.74) is 0.742. The molecule has 3 aromatic rings. The molecule has 1 N–H and O–H groups in total. The molecule has 3 heterocycles. The van der Waals surface area contributed by atoms with Gasteiger partial charge >= 0.3 is 0 Å². The van der Waals surface area contributed by atoms with E-state index in [0.717, 1.165) is 6.07 Å². The van der Waals surface area contributed by atoms with E-state index in [2.05, 4.69) is 15.1 Å². The molecular weight excluding hydrogens is 341 g/mol. The number of nitrogens with zero attached hydrogens (tertiary/aromatic N) is 5. The molecule has 0 unspecified atom stereocenters. The lowest BCUT2D eigenvalue weighted by molar-refractivity contribution is 0.0729. The maximum Gasteiger partial charge on any atom is 0.256 e. The van der Waals surface area contributed by atoms with Gasteiger partial charge in [0, 0.05) is 25.5 Å². The van der Waals surface area contributed by atoms with Crippen molar-refractivity contribution in [3.05, 3.63) is 48.3 Å². The number of carbonyl (C=O) groups is 1. The third-order valence-corrected chi connectivity index (χ3v) is 4.26. The standard InChI is InChI=1S/C17H16FN5O3/c1-22-7-11(6-21-22)26-15-9-23(8-14(15)24)17(25)12-4-10(18)5-13-16(12)20-3-2-19-13/h2-7,14-15,24H,8-9H2,1H3/t14-,15-/m1/s1. The van der Waals surface area contributed by atoms with Crippen molar-refractivity contribution in [2.45, 2.75) is 12.2 Å². The van der Waals surface area contributed by atoms with Gasteiger partial charge in [-0.2, -0.15) is 5.10 Å². The van der Waals surface area contributed by atoms with Crippen molar-refractivity contribution >= 4 is 16.9 Å². The number of carbonyl (C=O) groups excluding carboxylic acids is 1. The molecule has 1 aliphatic rings. The van der Waals surface area contributed by atoms with Gasteiger partial charge in [0.15, 0.2) is 5.75 Å². The predicted octanol–water partition coefficient (Wildman–Crippen LogP) is 0.767. The fraction of sp³-hybridized carbons (Fsp3) is 0.294.